The number of hydrogen-bond donors (Lipinski definition) is 3. The van der Waals surface area contributed by atoms with Gasteiger partial charge in [-0.1, -0.05) is 11.6 Å². The first kappa shape index (κ1) is 14.9. The van der Waals surface area contributed by atoms with Crippen LogP contribution < -0.4 is 15.5 Å². The maximum absolute atomic E-state index is 11.7. The van der Waals surface area contributed by atoms with Gasteiger partial charge < -0.3 is 20.6 Å². The Balaban J connectivity index is 2.12. The number of urea groups is 1. The zero-order valence-corrected chi connectivity index (χ0v) is 12.1. The molecule has 0 atom stereocenters. The van der Waals surface area contributed by atoms with E-state index in [0.717, 1.165) is 18.8 Å². The summed E-state index contributed by atoms with van der Waals surface area (Å²) in [5.41, 5.74) is 1.70. The van der Waals surface area contributed by atoms with E-state index in [2.05, 4.69) is 15.5 Å². The molecule has 1 aromatic rings. The molecule has 3 N–H and O–H groups in total. The monoisotopic (exact) mass is 297 g/mol. The number of benzene rings is 1. The lowest BCUT2D eigenvalue weighted by Gasteiger charge is -2.30. The number of carbonyl (C=O) groups excluding carboxylic acids is 1. The molecule has 0 saturated carbocycles. The molecule has 2 rings (SSSR count). The number of rotatable bonds is 4. The Kier molecular flexibility index (Phi) is 5.49. The van der Waals surface area contributed by atoms with E-state index in [1.807, 2.05) is 12.1 Å². The molecule has 0 bridgehead atoms. The predicted molar refractivity (Wildman–Crippen MR) is 81.6 cm³/mol. The lowest BCUT2D eigenvalue weighted by molar-refractivity contribution is 0.245. The van der Waals surface area contributed by atoms with Crippen LogP contribution in [0.1, 0.15) is 19.3 Å². The topological polar surface area (TPSA) is 64.6 Å². The van der Waals surface area contributed by atoms with Crippen LogP contribution >= 0.6 is 11.6 Å². The Morgan fingerprint density at radius 3 is 2.75 bits per heavy atom. The molecule has 0 unspecified atom stereocenters. The molecule has 6 heteroatoms. The first-order valence-electron chi connectivity index (χ1n) is 6.91. The normalized spacial score (nSPS) is 15.0. The van der Waals surface area contributed by atoms with Crippen LogP contribution in [0.25, 0.3) is 0 Å². The zero-order chi connectivity index (χ0) is 14.4. The van der Waals surface area contributed by atoms with E-state index in [4.69, 9.17) is 16.7 Å². The number of nitrogens with one attached hydrogen (secondary N) is 2. The van der Waals surface area contributed by atoms with Crippen LogP contribution in [-0.2, 0) is 0 Å². The van der Waals surface area contributed by atoms with Crippen LogP contribution in [0.5, 0.6) is 0 Å². The minimum Gasteiger partial charge on any atom is -0.395 e. The molecule has 20 heavy (non-hydrogen) atoms. The van der Waals surface area contributed by atoms with Crippen molar-refractivity contribution in [2.45, 2.75) is 19.3 Å². The summed E-state index contributed by atoms with van der Waals surface area (Å²) >= 11 is 6.01. The largest absolute Gasteiger partial charge is 0.395 e. The highest BCUT2D eigenvalue weighted by atomic mass is 35.5. The number of hydrogen-bond acceptors (Lipinski definition) is 3. The second-order valence-electron chi connectivity index (χ2n) is 4.81. The Labute approximate surface area is 123 Å². The van der Waals surface area contributed by atoms with Crippen LogP contribution in [0.2, 0.25) is 5.02 Å². The van der Waals surface area contributed by atoms with Gasteiger partial charge in [0.2, 0.25) is 0 Å². The fraction of sp³-hybridized carbons (Fsp3) is 0.500. The van der Waals surface area contributed by atoms with E-state index in [1.54, 1.807) is 6.07 Å². The number of anilines is 2. The van der Waals surface area contributed by atoms with Gasteiger partial charge in [-0.25, -0.2) is 4.79 Å². The van der Waals surface area contributed by atoms with Gasteiger partial charge in [-0.05, 0) is 37.5 Å². The van der Waals surface area contributed by atoms with Gasteiger partial charge in [0.25, 0.3) is 0 Å². The van der Waals surface area contributed by atoms with Crippen molar-refractivity contribution in [3.63, 3.8) is 0 Å². The Morgan fingerprint density at radius 1 is 1.30 bits per heavy atom. The number of piperidine rings is 1. The molecular formula is C14H20ClN3O2. The molecule has 110 valence electrons. The van der Waals surface area contributed by atoms with E-state index in [0.29, 0.717) is 10.7 Å². The molecule has 0 aliphatic carbocycles. The van der Waals surface area contributed by atoms with Crippen molar-refractivity contribution in [3.8, 4) is 0 Å². The number of halogens is 1. The summed E-state index contributed by atoms with van der Waals surface area (Å²) in [6, 6.07) is 5.20. The summed E-state index contributed by atoms with van der Waals surface area (Å²) in [4.78, 5) is 14.0. The number of aliphatic hydroxyl groups is 1. The second kappa shape index (κ2) is 7.36. The lowest BCUT2D eigenvalue weighted by atomic mass is 10.1. The van der Waals surface area contributed by atoms with Gasteiger partial charge in [-0.2, -0.15) is 0 Å². The highest BCUT2D eigenvalue weighted by Gasteiger charge is 2.16. The third kappa shape index (κ3) is 4.02. The fourth-order valence-electron chi connectivity index (χ4n) is 2.35. The van der Waals surface area contributed by atoms with E-state index in [9.17, 15) is 4.79 Å². The summed E-state index contributed by atoms with van der Waals surface area (Å²) < 4.78 is 0. The molecule has 0 spiro atoms. The van der Waals surface area contributed by atoms with Gasteiger partial charge in [0, 0.05) is 24.7 Å². The van der Waals surface area contributed by atoms with E-state index in [1.165, 1.54) is 19.3 Å². The summed E-state index contributed by atoms with van der Waals surface area (Å²) in [5.74, 6) is 0. The minimum atomic E-state index is -0.334. The van der Waals surface area contributed by atoms with Gasteiger partial charge in [0.05, 0.1) is 18.0 Å². The smallest absolute Gasteiger partial charge is 0.319 e. The first-order valence-corrected chi connectivity index (χ1v) is 7.28. The number of carbonyl (C=O) groups is 1. The molecule has 0 aromatic heterocycles. The summed E-state index contributed by atoms with van der Waals surface area (Å²) in [7, 11) is 0. The summed E-state index contributed by atoms with van der Waals surface area (Å²) in [6.07, 6.45) is 3.58. The van der Waals surface area contributed by atoms with Crippen molar-refractivity contribution in [1.29, 1.82) is 0 Å². The van der Waals surface area contributed by atoms with Crippen LogP contribution in [0.4, 0.5) is 16.2 Å². The second-order valence-corrected chi connectivity index (χ2v) is 5.25. The zero-order valence-electron chi connectivity index (χ0n) is 11.4. The summed E-state index contributed by atoms with van der Waals surface area (Å²) in [5, 5.41) is 14.7. The average Bonchev–Trinajstić information content (AvgIpc) is 2.46. The highest BCUT2D eigenvalue weighted by Crippen LogP contribution is 2.31. The molecule has 2 amide bonds. The van der Waals surface area contributed by atoms with E-state index < -0.39 is 0 Å². The fourth-order valence-corrected chi connectivity index (χ4v) is 2.53. The third-order valence-corrected chi connectivity index (χ3v) is 3.54. The minimum absolute atomic E-state index is 0.0814. The van der Waals surface area contributed by atoms with Crippen molar-refractivity contribution < 1.29 is 9.90 Å². The maximum Gasteiger partial charge on any atom is 0.319 e. The average molecular weight is 298 g/mol. The molecule has 1 aliphatic heterocycles. The van der Waals surface area contributed by atoms with Crippen molar-refractivity contribution in [3.05, 3.63) is 23.2 Å². The van der Waals surface area contributed by atoms with Gasteiger partial charge in [-0.3, -0.25) is 0 Å². The Morgan fingerprint density at radius 2 is 2.05 bits per heavy atom. The van der Waals surface area contributed by atoms with Crippen molar-refractivity contribution in [2.24, 2.45) is 0 Å². The molecule has 1 heterocycles. The van der Waals surface area contributed by atoms with Gasteiger partial charge in [0.15, 0.2) is 0 Å². The van der Waals surface area contributed by atoms with Crippen LogP contribution in [-0.4, -0.2) is 37.4 Å². The molecule has 1 aromatic carbocycles. The molecule has 1 aliphatic rings. The van der Waals surface area contributed by atoms with Crippen LogP contribution in [0.3, 0.4) is 0 Å². The Bertz CT molecular complexity index is 462. The van der Waals surface area contributed by atoms with Gasteiger partial charge in [0.1, 0.15) is 0 Å². The van der Waals surface area contributed by atoms with E-state index in [-0.39, 0.29) is 19.2 Å². The molecular weight excluding hydrogens is 278 g/mol. The Hall–Kier alpha value is -1.46. The highest BCUT2D eigenvalue weighted by molar-refractivity contribution is 6.31. The number of nitrogens with zero attached hydrogens (tertiary/aromatic N) is 1. The van der Waals surface area contributed by atoms with Crippen molar-refractivity contribution in [2.75, 3.05) is 36.5 Å². The molecule has 5 nitrogen and oxygen atoms in total. The maximum atomic E-state index is 11.7. The quantitative estimate of drug-likeness (QED) is 0.800. The standard InChI is InChI=1S/C14H20ClN3O2/c15-11-4-5-13(18-7-2-1-3-8-18)12(10-11)17-14(20)16-6-9-19/h4-5,10,19H,1-3,6-9H2,(H2,16,17,20). The lowest BCUT2D eigenvalue weighted by Crippen LogP contribution is -2.33. The number of aliphatic hydroxyl groups excluding tert-OH is 1. The molecule has 1 fully saturated rings. The predicted octanol–water partition coefficient (Wildman–Crippen LogP) is 2.44. The van der Waals surface area contributed by atoms with E-state index >= 15 is 0 Å². The van der Waals surface area contributed by atoms with Crippen molar-refractivity contribution >= 4 is 29.0 Å². The SMILES string of the molecule is O=C(NCCO)Nc1cc(Cl)ccc1N1CCCCC1. The van der Waals surface area contributed by atoms with Gasteiger partial charge in [-0.15, -0.1) is 0 Å². The summed E-state index contributed by atoms with van der Waals surface area (Å²) in [6.45, 7) is 2.14. The number of amides is 2. The van der Waals surface area contributed by atoms with Crippen LogP contribution in [0, 0.1) is 0 Å². The van der Waals surface area contributed by atoms with Crippen molar-refractivity contribution in [1.82, 2.24) is 5.32 Å². The third-order valence-electron chi connectivity index (χ3n) is 3.30. The molecule has 1 saturated heterocycles. The first-order chi connectivity index (χ1) is 9.70. The van der Waals surface area contributed by atoms with Gasteiger partial charge >= 0.3 is 6.03 Å². The van der Waals surface area contributed by atoms with Crippen LogP contribution in [0.15, 0.2) is 18.2 Å². The molecule has 0 radical (unpaired) electrons.